The highest BCUT2D eigenvalue weighted by atomic mass is 16.5. The molecule has 1 unspecified atom stereocenters. The molecule has 3 heterocycles. The molecule has 8 nitrogen and oxygen atoms in total. The summed E-state index contributed by atoms with van der Waals surface area (Å²) in [6, 6.07) is 15.8. The first-order chi connectivity index (χ1) is 15.5. The number of anilines is 1. The summed E-state index contributed by atoms with van der Waals surface area (Å²) in [6.07, 6.45) is 1.96. The largest absolute Gasteiger partial charge is 0.497 e. The summed E-state index contributed by atoms with van der Waals surface area (Å²) in [6.45, 7) is 3.99. The third-order valence-electron chi connectivity index (χ3n) is 5.65. The number of nitrogens with zero attached hydrogens (tertiary/aromatic N) is 5. The molecule has 160 valence electrons. The Morgan fingerprint density at radius 1 is 1.12 bits per heavy atom. The maximum Gasteiger partial charge on any atom is 0.272 e. The maximum absolute atomic E-state index is 12.6. The molecule has 1 amide bonds. The predicted molar refractivity (Wildman–Crippen MR) is 120 cm³/mol. The predicted octanol–water partition coefficient (Wildman–Crippen LogP) is 3.82. The molecule has 2 aromatic heterocycles. The lowest BCUT2D eigenvalue weighted by Gasteiger charge is -2.24. The van der Waals surface area contributed by atoms with Crippen molar-refractivity contribution in [1.82, 2.24) is 25.0 Å². The first-order valence-corrected chi connectivity index (χ1v) is 10.3. The van der Waals surface area contributed by atoms with Gasteiger partial charge < -0.3 is 10.1 Å². The van der Waals surface area contributed by atoms with Crippen molar-refractivity contribution in [2.45, 2.75) is 26.2 Å². The standard InChI is InChI=1S/C24H22N6O2/c1-14-6-4-7-16(10-14)19-12-21(31)27-23-22(19)15(2)29-30(23)24-26-20(13-25-28-24)17-8-5-9-18(11-17)32-3/h4-11,13,19H,12H2,1-3H3,(H,27,31). The highest BCUT2D eigenvalue weighted by molar-refractivity contribution is 5.95. The fraction of sp³-hybridized carbons (Fsp3) is 0.208. The number of hydrogen-bond donors (Lipinski definition) is 1. The van der Waals surface area contributed by atoms with E-state index in [2.05, 4.69) is 37.7 Å². The first-order valence-electron chi connectivity index (χ1n) is 10.3. The van der Waals surface area contributed by atoms with E-state index in [9.17, 15) is 4.79 Å². The second kappa shape index (κ2) is 7.88. The number of nitrogens with one attached hydrogen (secondary N) is 1. The number of carbonyl (C=O) groups excluding carboxylic acids is 1. The molecule has 1 aliphatic rings. The number of methoxy groups -OCH3 is 1. The van der Waals surface area contributed by atoms with Crippen LogP contribution in [0.25, 0.3) is 17.2 Å². The van der Waals surface area contributed by atoms with Crippen molar-refractivity contribution in [2.24, 2.45) is 0 Å². The van der Waals surface area contributed by atoms with E-state index in [1.165, 1.54) is 0 Å². The Labute approximate surface area is 185 Å². The van der Waals surface area contributed by atoms with Crippen molar-refractivity contribution in [3.8, 4) is 23.0 Å². The Hall–Kier alpha value is -4.07. The highest BCUT2D eigenvalue weighted by Crippen LogP contribution is 2.40. The fourth-order valence-electron chi connectivity index (χ4n) is 4.17. The monoisotopic (exact) mass is 426 g/mol. The second-order valence-electron chi connectivity index (χ2n) is 7.85. The lowest BCUT2D eigenvalue weighted by Crippen LogP contribution is -2.25. The summed E-state index contributed by atoms with van der Waals surface area (Å²) in [5.74, 6) is 1.46. The molecule has 0 fully saturated rings. The number of fused-ring (bicyclic) bond motifs is 1. The summed E-state index contributed by atoms with van der Waals surface area (Å²) in [5, 5.41) is 16.0. The summed E-state index contributed by atoms with van der Waals surface area (Å²) in [4.78, 5) is 17.3. The molecule has 8 heteroatoms. The second-order valence-corrected chi connectivity index (χ2v) is 7.85. The third kappa shape index (κ3) is 3.49. The minimum atomic E-state index is -0.0815. The molecular weight excluding hydrogens is 404 g/mol. The van der Waals surface area contributed by atoms with Crippen LogP contribution < -0.4 is 10.1 Å². The maximum atomic E-state index is 12.6. The average Bonchev–Trinajstić information content (AvgIpc) is 3.14. The van der Waals surface area contributed by atoms with Crippen LogP contribution in [-0.2, 0) is 4.79 Å². The van der Waals surface area contributed by atoms with Crippen LogP contribution in [-0.4, -0.2) is 38.0 Å². The lowest BCUT2D eigenvalue weighted by molar-refractivity contribution is -0.116. The smallest absolute Gasteiger partial charge is 0.272 e. The van der Waals surface area contributed by atoms with Gasteiger partial charge in [0.15, 0.2) is 0 Å². The summed E-state index contributed by atoms with van der Waals surface area (Å²) >= 11 is 0. The molecule has 1 aliphatic heterocycles. The van der Waals surface area contributed by atoms with Gasteiger partial charge in [-0.1, -0.05) is 42.0 Å². The van der Waals surface area contributed by atoms with Crippen molar-refractivity contribution in [1.29, 1.82) is 0 Å². The van der Waals surface area contributed by atoms with E-state index < -0.39 is 0 Å². The number of carbonyl (C=O) groups is 1. The van der Waals surface area contributed by atoms with Crippen molar-refractivity contribution in [2.75, 3.05) is 12.4 Å². The average molecular weight is 426 g/mol. The number of ether oxygens (including phenoxy) is 1. The Morgan fingerprint density at radius 3 is 2.78 bits per heavy atom. The van der Waals surface area contributed by atoms with Gasteiger partial charge in [0.05, 0.1) is 24.7 Å². The topological polar surface area (TPSA) is 94.8 Å². The Kier molecular flexibility index (Phi) is 4.89. The van der Waals surface area contributed by atoms with E-state index in [1.807, 2.05) is 50.2 Å². The van der Waals surface area contributed by atoms with Crippen LogP contribution in [0.1, 0.15) is 34.7 Å². The van der Waals surface area contributed by atoms with Gasteiger partial charge in [-0.05, 0) is 31.5 Å². The Balaban J connectivity index is 1.61. The van der Waals surface area contributed by atoms with Crippen LogP contribution in [0.4, 0.5) is 5.82 Å². The van der Waals surface area contributed by atoms with Crippen molar-refractivity contribution < 1.29 is 9.53 Å². The number of amides is 1. The van der Waals surface area contributed by atoms with Crippen LogP contribution in [0.5, 0.6) is 5.75 Å². The molecular formula is C24H22N6O2. The number of benzene rings is 2. The van der Waals surface area contributed by atoms with E-state index in [-0.39, 0.29) is 11.8 Å². The van der Waals surface area contributed by atoms with Gasteiger partial charge in [0, 0.05) is 23.5 Å². The van der Waals surface area contributed by atoms with Crippen LogP contribution in [0, 0.1) is 13.8 Å². The van der Waals surface area contributed by atoms with Crippen LogP contribution in [0.3, 0.4) is 0 Å². The van der Waals surface area contributed by atoms with Gasteiger partial charge in [0.1, 0.15) is 11.6 Å². The van der Waals surface area contributed by atoms with Gasteiger partial charge in [-0.15, -0.1) is 5.10 Å². The normalized spacial score (nSPS) is 15.2. The summed E-state index contributed by atoms with van der Waals surface area (Å²) < 4.78 is 6.88. The summed E-state index contributed by atoms with van der Waals surface area (Å²) in [5.41, 5.74) is 5.52. The molecule has 0 bridgehead atoms. The van der Waals surface area contributed by atoms with E-state index in [1.54, 1.807) is 18.0 Å². The van der Waals surface area contributed by atoms with Gasteiger partial charge in [-0.2, -0.15) is 14.9 Å². The Morgan fingerprint density at radius 2 is 1.97 bits per heavy atom. The molecule has 1 N–H and O–H groups in total. The minimum absolute atomic E-state index is 0.0675. The quantitative estimate of drug-likeness (QED) is 0.533. The molecule has 0 saturated carbocycles. The minimum Gasteiger partial charge on any atom is -0.497 e. The molecule has 32 heavy (non-hydrogen) atoms. The molecule has 0 aliphatic carbocycles. The number of aromatic nitrogens is 5. The Bertz CT molecular complexity index is 1330. The van der Waals surface area contributed by atoms with E-state index in [0.717, 1.165) is 33.7 Å². The van der Waals surface area contributed by atoms with Gasteiger partial charge in [-0.25, -0.2) is 4.98 Å². The molecule has 0 spiro atoms. The van der Waals surface area contributed by atoms with Crippen LogP contribution in [0.15, 0.2) is 54.7 Å². The number of rotatable bonds is 4. The van der Waals surface area contributed by atoms with E-state index >= 15 is 0 Å². The molecule has 1 atom stereocenters. The van der Waals surface area contributed by atoms with Crippen molar-refractivity contribution >= 4 is 11.7 Å². The zero-order chi connectivity index (χ0) is 22.2. The molecule has 4 aromatic rings. The number of aryl methyl sites for hydroxylation is 2. The van der Waals surface area contributed by atoms with Gasteiger partial charge in [0.25, 0.3) is 5.95 Å². The van der Waals surface area contributed by atoms with E-state index in [0.29, 0.717) is 23.9 Å². The zero-order valence-electron chi connectivity index (χ0n) is 18.0. The summed E-state index contributed by atoms with van der Waals surface area (Å²) in [7, 11) is 1.62. The first kappa shape index (κ1) is 19.9. The van der Waals surface area contributed by atoms with Gasteiger partial charge in [0.2, 0.25) is 5.91 Å². The van der Waals surface area contributed by atoms with Crippen molar-refractivity contribution in [3.05, 3.63) is 77.1 Å². The van der Waals surface area contributed by atoms with Gasteiger partial charge in [-0.3, -0.25) is 4.79 Å². The van der Waals surface area contributed by atoms with Crippen molar-refractivity contribution in [3.63, 3.8) is 0 Å². The molecule has 0 radical (unpaired) electrons. The molecule has 2 aromatic carbocycles. The lowest BCUT2D eigenvalue weighted by atomic mass is 9.85. The van der Waals surface area contributed by atoms with Crippen LogP contribution >= 0.6 is 0 Å². The third-order valence-corrected chi connectivity index (χ3v) is 5.65. The zero-order valence-corrected chi connectivity index (χ0v) is 18.0. The number of hydrogen-bond acceptors (Lipinski definition) is 6. The fourth-order valence-corrected chi connectivity index (χ4v) is 4.17. The molecule has 0 saturated heterocycles. The van der Waals surface area contributed by atoms with E-state index in [4.69, 9.17) is 4.74 Å². The van der Waals surface area contributed by atoms with Gasteiger partial charge >= 0.3 is 0 Å². The van der Waals surface area contributed by atoms with Crippen LogP contribution in [0.2, 0.25) is 0 Å². The highest BCUT2D eigenvalue weighted by Gasteiger charge is 2.33. The SMILES string of the molecule is COc1cccc(-c2cnnc(-n3nc(C)c4c3NC(=O)CC4c3cccc(C)c3)n2)c1. The molecule has 5 rings (SSSR count).